The molecule has 0 aliphatic carbocycles. The van der Waals surface area contributed by atoms with Crippen molar-refractivity contribution in [2.75, 3.05) is 40.0 Å². The number of morpholine rings is 1. The summed E-state index contributed by atoms with van der Waals surface area (Å²) < 4.78 is 52.4. The van der Waals surface area contributed by atoms with Crippen LogP contribution in [-0.4, -0.2) is 63.5 Å². The molecule has 33 heavy (non-hydrogen) atoms. The highest BCUT2D eigenvalue weighted by Gasteiger charge is 2.32. The molecule has 0 radical (unpaired) electrons. The van der Waals surface area contributed by atoms with Gasteiger partial charge in [-0.2, -0.15) is 4.31 Å². The molecule has 2 aromatic carbocycles. The maximum Gasteiger partial charge on any atom is 0.254 e. The Morgan fingerprint density at radius 1 is 1.03 bits per heavy atom. The van der Waals surface area contributed by atoms with Crippen molar-refractivity contribution in [3.05, 3.63) is 59.4 Å². The zero-order valence-electron chi connectivity index (χ0n) is 18.7. The molecule has 7 nitrogen and oxygen atoms in total. The Morgan fingerprint density at radius 2 is 1.76 bits per heavy atom. The normalized spacial score (nSPS) is 20.3. The Hall–Kier alpha value is -2.49. The maximum absolute atomic E-state index is 14.6. The molecule has 4 rings (SSSR count). The fourth-order valence-corrected chi connectivity index (χ4v) is 5.95. The van der Waals surface area contributed by atoms with Crippen LogP contribution >= 0.6 is 0 Å². The monoisotopic (exact) mass is 476 g/mol. The van der Waals surface area contributed by atoms with E-state index in [-0.39, 0.29) is 43.8 Å². The fourth-order valence-electron chi connectivity index (χ4n) is 4.45. The van der Waals surface area contributed by atoms with Crippen molar-refractivity contribution >= 4 is 15.9 Å². The molecule has 0 aromatic heterocycles. The lowest BCUT2D eigenvalue weighted by atomic mass is 10.00. The summed E-state index contributed by atoms with van der Waals surface area (Å²) in [7, 11) is -2.46. The third kappa shape index (κ3) is 5.05. The Morgan fingerprint density at radius 3 is 2.45 bits per heavy atom. The van der Waals surface area contributed by atoms with Gasteiger partial charge >= 0.3 is 0 Å². The van der Waals surface area contributed by atoms with Gasteiger partial charge in [-0.1, -0.05) is 25.0 Å². The van der Waals surface area contributed by atoms with Gasteiger partial charge in [-0.15, -0.1) is 0 Å². The van der Waals surface area contributed by atoms with Crippen molar-refractivity contribution in [3.63, 3.8) is 0 Å². The summed E-state index contributed by atoms with van der Waals surface area (Å²) in [6, 6.07) is 11.1. The largest absolute Gasteiger partial charge is 0.497 e. The summed E-state index contributed by atoms with van der Waals surface area (Å²) in [6.45, 7) is 1.39. The van der Waals surface area contributed by atoms with E-state index in [1.54, 1.807) is 12.0 Å². The first-order valence-electron chi connectivity index (χ1n) is 11.2. The van der Waals surface area contributed by atoms with Gasteiger partial charge in [-0.05, 0) is 48.7 Å². The van der Waals surface area contributed by atoms with Crippen molar-refractivity contribution in [3.8, 4) is 5.75 Å². The molecule has 1 amide bonds. The molecule has 9 heteroatoms. The van der Waals surface area contributed by atoms with Crippen molar-refractivity contribution in [1.29, 1.82) is 0 Å². The molecule has 1 unspecified atom stereocenters. The lowest BCUT2D eigenvalue weighted by molar-refractivity contribution is 0.0680. The Bertz CT molecular complexity index is 1080. The molecule has 0 N–H and O–H groups in total. The quantitative estimate of drug-likeness (QED) is 0.659. The first-order valence-corrected chi connectivity index (χ1v) is 12.7. The van der Waals surface area contributed by atoms with E-state index in [9.17, 15) is 17.6 Å². The molecule has 1 atom stereocenters. The second-order valence-corrected chi connectivity index (χ2v) is 10.2. The molecule has 178 valence electrons. The lowest BCUT2D eigenvalue weighted by Crippen LogP contribution is -2.41. The van der Waals surface area contributed by atoms with E-state index in [1.165, 1.54) is 16.4 Å². The van der Waals surface area contributed by atoms with Crippen LogP contribution in [-0.2, 0) is 14.8 Å². The molecule has 2 aliphatic heterocycles. The molecule has 2 saturated heterocycles. The number of ether oxygens (including phenoxy) is 2. The van der Waals surface area contributed by atoms with Crippen molar-refractivity contribution in [2.24, 2.45) is 0 Å². The molecule has 2 aromatic rings. The van der Waals surface area contributed by atoms with Crippen LogP contribution in [0.4, 0.5) is 4.39 Å². The van der Waals surface area contributed by atoms with Gasteiger partial charge in [0.15, 0.2) is 0 Å². The standard InChI is InChI=1S/C24H29FN2O5S/c1-31-20-9-6-18(7-10-20)22-5-3-2-4-12-27(22)24(28)19-8-11-21(25)23(17-19)33(29,30)26-13-15-32-16-14-26/h6-11,17,22H,2-5,12-16H2,1H3. The van der Waals surface area contributed by atoms with Crippen molar-refractivity contribution < 1.29 is 27.1 Å². The summed E-state index contributed by atoms with van der Waals surface area (Å²) in [5, 5.41) is 0. The minimum absolute atomic E-state index is 0.143. The van der Waals surface area contributed by atoms with Gasteiger partial charge in [-0.25, -0.2) is 12.8 Å². The number of amides is 1. The molecule has 0 bridgehead atoms. The minimum Gasteiger partial charge on any atom is -0.497 e. The van der Waals surface area contributed by atoms with Gasteiger partial charge in [0.05, 0.1) is 26.4 Å². The highest BCUT2D eigenvalue weighted by atomic mass is 32.2. The Balaban J connectivity index is 1.65. The first-order chi connectivity index (χ1) is 15.9. The Kier molecular flexibility index (Phi) is 7.31. The summed E-state index contributed by atoms with van der Waals surface area (Å²) in [5.41, 5.74) is 1.16. The predicted molar refractivity (Wildman–Crippen MR) is 121 cm³/mol. The second-order valence-electron chi connectivity index (χ2n) is 8.30. The molecule has 2 aliphatic rings. The number of halogens is 1. The SMILES string of the molecule is COc1ccc(C2CCCCCN2C(=O)c2ccc(F)c(S(=O)(=O)N3CCOCC3)c2)cc1. The molecular weight excluding hydrogens is 447 g/mol. The van der Waals surface area contributed by atoms with Crippen LogP contribution in [0.15, 0.2) is 47.4 Å². The van der Waals surface area contributed by atoms with E-state index in [2.05, 4.69) is 0 Å². The van der Waals surface area contributed by atoms with Crippen molar-refractivity contribution in [1.82, 2.24) is 9.21 Å². The van der Waals surface area contributed by atoms with Crippen LogP contribution in [0.1, 0.15) is 47.6 Å². The Labute approximate surface area is 194 Å². The van der Waals surface area contributed by atoms with E-state index < -0.39 is 20.7 Å². The molecular formula is C24H29FN2O5S. The average molecular weight is 477 g/mol. The average Bonchev–Trinajstić information content (AvgIpc) is 3.10. The van der Waals surface area contributed by atoms with Gasteiger partial charge in [0.1, 0.15) is 16.5 Å². The number of carbonyl (C=O) groups excluding carboxylic acids is 1. The molecule has 0 saturated carbocycles. The number of benzene rings is 2. The summed E-state index contributed by atoms with van der Waals surface area (Å²) >= 11 is 0. The number of hydrogen-bond donors (Lipinski definition) is 0. The fraction of sp³-hybridized carbons (Fsp3) is 0.458. The van der Waals surface area contributed by atoms with E-state index in [1.807, 2.05) is 24.3 Å². The van der Waals surface area contributed by atoms with Crippen LogP contribution in [0.2, 0.25) is 0 Å². The maximum atomic E-state index is 14.6. The highest BCUT2D eigenvalue weighted by Crippen LogP contribution is 2.33. The van der Waals surface area contributed by atoms with Crippen LogP contribution < -0.4 is 4.74 Å². The van der Waals surface area contributed by atoms with Gasteiger partial charge in [0.2, 0.25) is 10.0 Å². The summed E-state index contributed by atoms with van der Waals surface area (Å²) in [5.74, 6) is -0.418. The van der Waals surface area contributed by atoms with E-state index >= 15 is 0 Å². The zero-order valence-corrected chi connectivity index (χ0v) is 19.5. The molecule has 2 fully saturated rings. The van der Waals surface area contributed by atoms with Gasteiger partial charge in [0.25, 0.3) is 5.91 Å². The smallest absolute Gasteiger partial charge is 0.254 e. The highest BCUT2D eigenvalue weighted by molar-refractivity contribution is 7.89. The van der Waals surface area contributed by atoms with E-state index in [0.717, 1.165) is 43.1 Å². The number of methoxy groups -OCH3 is 1. The topological polar surface area (TPSA) is 76.2 Å². The first kappa shape index (κ1) is 23.7. The third-order valence-electron chi connectivity index (χ3n) is 6.28. The van der Waals surface area contributed by atoms with E-state index in [0.29, 0.717) is 6.54 Å². The number of carbonyl (C=O) groups is 1. The van der Waals surface area contributed by atoms with Crippen LogP contribution in [0.5, 0.6) is 5.75 Å². The number of likely N-dealkylation sites (tertiary alicyclic amines) is 1. The van der Waals surface area contributed by atoms with Gasteiger partial charge in [0, 0.05) is 25.2 Å². The third-order valence-corrected chi connectivity index (χ3v) is 8.19. The van der Waals surface area contributed by atoms with Crippen molar-refractivity contribution in [2.45, 2.75) is 36.6 Å². The van der Waals surface area contributed by atoms with Gasteiger partial charge < -0.3 is 14.4 Å². The predicted octanol–water partition coefficient (Wildman–Crippen LogP) is 3.61. The van der Waals surface area contributed by atoms with Crippen LogP contribution in [0.25, 0.3) is 0 Å². The molecule has 0 spiro atoms. The minimum atomic E-state index is -4.07. The van der Waals surface area contributed by atoms with E-state index in [4.69, 9.17) is 9.47 Å². The number of hydrogen-bond acceptors (Lipinski definition) is 5. The lowest BCUT2D eigenvalue weighted by Gasteiger charge is -2.31. The zero-order chi connectivity index (χ0) is 23.4. The second kappa shape index (κ2) is 10.2. The number of nitrogens with zero attached hydrogens (tertiary/aromatic N) is 2. The van der Waals surface area contributed by atoms with Gasteiger partial charge in [-0.3, -0.25) is 4.79 Å². The summed E-state index contributed by atoms with van der Waals surface area (Å²) in [6.07, 6.45) is 3.66. The molecule has 2 heterocycles. The number of sulfonamides is 1. The number of rotatable bonds is 5. The van der Waals surface area contributed by atoms with Crippen LogP contribution in [0, 0.1) is 5.82 Å². The summed E-state index contributed by atoms with van der Waals surface area (Å²) in [4.78, 5) is 14.9. The van der Waals surface area contributed by atoms with Crippen LogP contribution in [0.3, 0.4) is 0 Å².